The van der Waals surface area contributed by atoms with E-state index in [0.29, 0.717) is 32.2 Å². The fourth-order valence-electron chi connectivity index (χ4n) is 3.08. The summed E-state index contributed by atoms with van der Waals surface area (Å²) < 4.78 is 33.3. The second kappa shape index (κ2) is 9.66. The number of rotatable bonds is 11. The van der Waals surface area contributed by atoms with Gasteiger partial charge in [-0.2, -0.15) is 0 Å². The number of anilines is 1. The van der Waals surface area contributed by atoms with Crippen LogP contribution in [0.3, 0.4) is 0 Å². The number of carbonyl (C=O) groups excluding carboxylic acids is 1. The maximum Gasteiger partial charge on any atom is 0.270 e. The van der Waals surface area contributed by atoms with Crippen molar-refractivity contribution in [2.24, 2.45) is 5.41 Å². The molecule has 10 heteroatoms. The molecule has 0 unspecified atom stereocenters. The number of nitrogens with zero attached hydrogens (tertiary/aromatic N) is 2. The number of pyridine rings is 1. The van der Waals surface area contributed by atoms with E-state index in [1.54, 1.807) is 26.2 Å². The van der Waals surface area contributed by atoms with Gasteiger partial charge in [0, 0.05) is 26.2 Å². The standard InChI is InChI=1S/C19H28FN3O6/c1-13(7-27-12-20)21-17(25)15-3-4-16(23-5-14(6-23)26-2)18(22-15)29-11-19(8-24)9-28-10-19/h3-4,13-14,24H,5-12H2,1-2H3,(H,21,25)/t13-/m0/s1. The molecule has 2 saturated heterocycles. The maximum absolute atomic E-state index is 12.5. The molecule has 9 nitrogen and oxygen atoms in total. The Morgan fingerprint density at radius 1 is 1.48 bits per heavy atom. The monoisotopic (exact) mass is 413 g/mol. The molecule has 2 aliphatic rings. The average Bonchev–Trinajstić information content (AvgIpc) is 2.65. The van der Waals surface area contributed by atoms with Crippen molar-refractivity contribution in [1.82, 2.24) is 10.3 Å². The van der Waals surface area contributed by atoms with Gasteiger partial charge in [-0.3, -0.25) is 4.79 Å². The van der Waals surface area contributed by atoms with Gasteiger partial charge in [-0.05, 0) is 19.1 Å². The number of nitrogens with one attached hydrogen (secondary N) is 1. The Hall–Kier alpha value is -2.01. The lowest BCUT2D eigenvalue weighted by molar-refractivity contribution is -0.153. The lowest BCUT2D eigenvalue weighted by Crippen LogP contribution is -2.52. The molecule has 0 saturated carbocycles. The summed E-state index contributed by atoms with van der Waals surface area (Å²) >= 11 is 0. The van der Waals surface area contributed by atoms with Gasteiger partial charge >= 0.3 is 0 Å². The van der Waals surface area contributed by atoms with Crippen molar-refractivity contribution in [1.29, 1.82) is 0 Å². The highest BCUT2D eigenvalue weighted by molar-refractivity contribution is 5.93. The normalized spacial score (nSPS) is 19.2. The zero-order chi connectivity index (χ0) is 20.9. The molecule has 2 fully saturated rings. The largest absolute Gasteiger partial charge is 0.475 e. The van der Waals surface area contributed by atoms with Crippen molar-refractivity contribution in [3.63, 3.8) is 0 Å². The summed E-state index contributed by atoms with van der Waals surface area (Å²) in [7, 11) is 1.67. The van der Waals surface area contributed by atoms with E-state index < -0.39 is 18.2 Å². The highest BCUT2D eigenvalue weighted by atomic mass is 19.1. The number of aromatic nitrogens is 1. The summed E-state index contributed by atoms with van der Waals surface area (Å²) in [5.41, 5.74) is 0.499. The molecule has 0 bridgehead atoms. The number of alkyl halides is 1. The van der Waals surface area contributed by atoms with Gasteiger partial charge in [0.2, 0.25) is 5.88 Å². The number of ether oxygens (including phenoxy) is 4. The Kier molecular flexibility index (Phi) is 7.23. The summed E-state index contributed by atoms with van der Waals surface area (Å²) in [6.07, 6.45) is 0.144. The first-order valence-electron chi connectivity index (χ1n) is 9.55. The zero-order valence-corrected chi connectivity index (χ0v) is 16.7. The van der Waals surface area contributed by atoms with E-state index in [9.17, 15) is 14.3 Å². The van der Waals surface area contributed by atoms with Crippen LogP contribution in [0.1, 0.15) is 17.4 Å². The molecule has 29 heavy (non-hydrogen) atoms. The van der Waals surface area contributed by atoms with Gasteiger partial charge in [-0.25, -0.2) is 9.37 Å². The summed E-state index contributed by atoms with van der Waals surface area (Å²) in [6.45, 7) is 3.29. The fraction of sp³-hybridized carbons (Fsp3) is 0.684. The van der Waals surface area contributed by atoms with Crippen LogP contribution < -0.4 is 15.0 Å². The lowest BCUT2D eigenvalue weighted by Gasteiger charge is -2.41. The van der Waals surface area contributed by atoms with Gasteiger partial charge in [0.05, 0.1) is 37.9 Å². The smallest absolute Gasteiger partial charge is 0.270 e. The Morgan fingerprint density at radius 2 is 2.24 bits per heavy atom. The van der Waals surface area contributed by atoms with Crippen LogP contribution in [0.5, 0.6) is 5.88 Å². The van der Waals surface area contributed by atoms with Crippen LogP contribution in [0, 0.1) is 5.41 Å². The van der Waals surface area contributed by atoms with Crippen molar-refractivity contribution >= 4 is 11.6 Å². The van der Waals surface area contributed by atoms with Crippen LogP contribution in [0.2, 0.25) is 0 Å². The minimum atomic E-state index is -0.903. The SMILES string of the molecule is COC1CN(c2ccc(C(=O)N[C@@H](C)COCF)nc2OCC2(CO)COC2)C1. The molecule has 1 aromatic rings. The lowest BCUT2D eigenvalue weighted by atomic mass is 9.88. The number of halogens is 1. The number of hydrogen-bond donors (Lipinski definition) is 2. The third kappa shape index (κ3) is 5.13. The maximum atomic E-state index is 12.5. The highest BCUT2D eigenvalue weighted by Gasteiger charge is 2.40. The summed E-state index contributed by atoms with van der Waals surface area (Å²) in [4.78, 5) is 18.9. The zero-order valence-electron chi connectivity index (χ0n) is 16.7. The van der Waals surface area contributed by atoms with Gasteiger partial charge in [-0.1, -0.05) is 0 Å². The van der Waals surface area contributed by atoms with E-state index in [4.69, 9.17) is 14.2 Å². The van der Waals surface area contributed by atoms with Crippen LogP contribution >= 0.6 is 0 Å². The van der Waals surface area contributed by atoms with E-state index in [2.05, 4.69) is 19.9 Å². The van der Waals surface area contributed by atoms with Crippen molar-refractivity contribution in [3.8, 4) is 5.88 Å². The van der Waals surface area contributed by atoms with E-state index in [-0.39, 0.29) is 37.7 Å². The summed E-state index contributed by atoms with van der Waals surface area (Å²) in [5, 5.41) is 12.3. The van der Waals surface area contributed by atoms with Gasteiger partial charge in [-0.15, -0.1) is 0 Å². The Labute approximate surface area is 169 Å². The van der Waals surface area contributed by atoms with E-state index in [0.717, 1.165) is 5.69 Å². The summed E-state index contributed by atoms with van der Waals surface area (Å²) in [5.74, 6) is -0.0850. The minimum absolute atomic E-state index is 0.0515. The molecule has 0 aliphatic carbocycles. The first-order chi connectivity index (χ1) is 14.0. The van der Waals surface area contributed by atoms with Crippen molar-refractivity contribution in [2.75, 3.05) is 65.0 Å². The molecule has 162 valence electrons. The second-order valence-electron chi connectivity index (χ2n) is 7.58. The van der Waals surface area contributed by atoms with E-state index >= 15 is 0 Å². The van der Waals surface area contributed by atoms with Crippen LogP contribution in [-0.4, -0.2) is 88.2 Å². The molecule has 0 aromatic carbocycles. The van der Waals surface area contributed by atoms with Crippen LogP contribution in [0.4, 0.5) is 10.1 Å². The van der Waals surface area contributed by atoms with Crippen molar-refractivity contribution < 1.29 is 33.2 Å². The van der Waals surface area contributed by atoms with E-state index in [1.165, 1.54) is 0 Å². The highest BCUT2D eigenvalue weighted by Crippen LogP contribution is 2.34. The predicted molar refractivity (Wildman–Crippen MR) is 102 cm³/mol. The molecule has 0 spiro atoms. The van der Waals surface area contributed by atoms with Crippen LogP contribution in [0.25, 0.3) is 0 Å². The summed E-state index contributed by atoms with van der Waals surface area (Å²) in [6, 6.07) is 3.04. The number of aliphatic hydroxyl groups excluding tert-OH is 1. The molecule has 1 amide bonds. The van der Waals surface area contributed by atoms with Gasteiger partial charge in [0.25, 0.3) is 5.91 Å². The quantitative estimate of drug-likeness (QED) is 0.536. The van der Waals surface area contributed by atoms with E-state index in [1.807, 2.05) is 0 Å². The molecule has 2 aliphatic heterocycles. The second-order valence-corrected chi connectivity index (χ2v) is 7.58. The first kappa shape index (κ1) is 21.7. The third-order valence-corrected chi connectivity index (χ3v) is 5.08. The predicted octanol–water partition coefficient (Wildman–Crippen LogP) is 0.366. The molecule has 2 N–H and O–H groups in total. The topological polar surface area (TPSA) is 102 Å². The number of aliphatic hydroxyl groups is 1. The number of methoxy groups -OCH3 is 1. The van der Waals surface area contributed by atoms with Gasteiger partial charge in [0.15, 0.2) is 6.86 Å². The molecule has 1 atom stereocenters. The molecule has 3 rings (SSSR count). The minimum Gasteiger partial charge on any atom is -0.475 e. The number of carbonyl (C=O) groups is 1. The van der Waals surface area contributed by atoms with Crippen LogP contribution in [0.15, 0.2) is 12.1 Å². The average molecular weight is 413 g/mol. The molecular formula is C19H28FN3O6. The van der Waals surface area contributed by atoms with Crippen molar-refractivity contribution in [3.05, 3.63) is 17.8 Å². The Balaban J connectivity index is 1.72. The number of hydrogen-bond acceptors (Lipinski definition) is 8. The molecule has 0 radical (unpaired) electrons. The third-order valence-electron chi connectivity index (χ3n) is 5.08. The van der Waals surface area contributed by atoms with Crippen LogP contribution in [-0.2, 0) is 14.2 Å². The molecule has 3 heterocycles. The number of amides is 1. The Morgan fingerprint density at radius 3 is 2.83 bits per heavy atom. The molecular weight excluding hydrogens is 385 g/mol. The Bertz CT molecular complexity index is 691. The van der Waals surface area contributed by atoms with Gasteiger partial charge < -0.3 is 34.3 Å². The van der Waals surface area contributed by atoms with Gasteiger partial charge in [0.1, 0.15) is 18.0 Å². The first-order valence-corrected chi connectivity index (χ1v) is 9.55. The fourth-order valence-corrected chi connectivity index (χ4v) is 3.08. The van der Waals surface area contributed by atoms with Crippen molar-refractivity contribution in [2.45, 2.75) is 19.1 Å². The molecule has 1 aromatic heterocycles.